The summed E-state index contributed by atoms with van der Waals surface area (Å²) in [5.41, 5.74) is 3.23. The normalized spacial score (nSPS) is 17.9. The number of benzene rings is 2. The number of carbonyl (C=O) groups is 1. The molecule has 0 fully saturated rings. The van der Waals surface area contributed by atoms with Crippen molar-refractivity contribution in [3.8, 4) is 11.5 Å². The van der Waals surface area contributed by atoms with Crippen LogP contribution < -0.4 is 14.8 Å². The van der Waals surface area contributed by atoms with Gasteiger partial charge in [0.05, 0.1) is 6.61 Å². The van der Waals surface area contributed by atoms with Crippen molar-refractivity contribution in [3.63, 3.8) is 0 Å². The molecule has 3 aromatic rings. The fourth-order valence-electron chi connectivity index (χ4n) is 5.03. The van der Waals surface area contributed by atoms with Crippen LogP contribution in [0.5, 0.6) is 11.5 Å². The zero-order valence-corrected chi connectivity index (χ0v) is 24.8. The number of thioether (sulfide) groups is 1. The first-order valence-corrected chi connectivity index (χ1v) is 14.9. The number of hydrogen-bond acceptors (Lipinski definition) is 7. The number of Topliss-reactive ketones (excluding diaryl/α,β-unsaturated/α-hetero) is 1. The van der Waals surface area contributed by atoms with Crippen LogP contribution in [0, 0.1) is 5.41 Å². The number of nitrogens with zero attached hydrogens (tertiary/aromatic N) is 3. The van der Waals surface area contributed by atoms with Gasteiger partial charge in [-0.3, -0.25) is 4.79 Å². The summed E-state index contributed by atoms with van der Waals surface area (Å²) < 4.78 is 14.0. The summed E-state index contributed by atoms with van der Waals surface area (Å²) in [5.74, 6) is 2.87. The van der Waals surface area contributed by atoms with Crippen LogP contribution in [0.3, 0.4) is 0 Å². The molecule has 206 valence electrons. The second kappa shape index (κ2) is 11.4. The molecule has 1 N–H and O–H groups in total. The molecular weight excluding hydrogens is 555 g/mol. The summed E-state index contributed by atoms with van der Waals surface area (Å²) >= 11 is 14.0. The molecule has 5 rings (SSSR count). The van der Waals surface area contributed by atoms with Crippen molar-refractivity contribution in [1.29, 1.82) is 0 Å². The number of carbonyl (C=O) groups excluding carboxylic acids is 1. The lowest BCUT2D eigenvalue weighted by molar-refractivity contribution is -0.118. The molecule has 0 radical (unpaired) electrons. The van der Waals surface area contributed by atoms with Crippen molar-refractivity contribution >= 4 is 46.7 Å². The Balaban J connectivity index is 1.53. The van der Waals surface area contributed by atoms with Crippen molar-refractivity contribution in [3.05, 3.63) is 68.8 Å². The maximum Gasteiger partial charge on any atom is 0.227 e. The summed E-state index contributed by atoms with van der Waals surface area (Å²) in [7, 11) is 0. The van der Waals surface area contributed by atoms with E-state index in [2.05, 4.69) is 26.1 Å². The fourth-order valence-corrected chi connectivity index (χ4v) is 6.18. The van der Waals surface area contributed by atoms with Gasteiger partial charge < -0.3 is 14.8 Å². The second-order valence-electron chi connectivity index (χ2n) is 10.5. The fraction of sp³-hybridized carbons (Fsp3) is 0.414. The number of ether oxygens (including phenoxy) is 2. The lowest BCUT2D eigenvalue weighted by Gasteiger charge is -2.38. The first kappa shape index (κ1) is 27.9. The Labute approximate surface area is 243 Å². The van der Waals surface area contributed by atoms with Crippen molar-refractivity contribution in [1.82, 2.24) is 14.8 Å². The number of rotatable bonds is 9. The van der Waals surface area contributed by atoms with E-state index in [1.54, 1.807) is 23.9 Å². The van der Waals surface area contributed by atoms with E-state index in [4.69, 9.17) is 42.8 Å². The van der Waals surface area contributed by atoms with Crippen molar-refractivity contribution in [2.75, 3.05) is 17.7 Å². The predicted molar refractivity (Wildman–Crippen MR) is 156 cm³/mol. The Morgan fingerprint density at radius 1 is 1.10 bits per heavy atom. The minimum Gasteiger partial charge on any atom is -0.490 e. The molecule has 7 nitrogen and oxygen atoms in total. The number of hydrogen-bond donors (Lipinski definition) is 1. The minimum atomic E-state index is -0.415. The molecule has 1 atom stereocenters. The van der Waals surface area contributed by atoms with E-state index in [0.717, 1.165) is 41.0 Å². The van der Waals surface area contributed by atoms with E-state index in [-0.39, 0.29) is 17.8 Å². The molecule has 0 amide bonds. The number of allylic oxidation sites excluding steroid dienone is 2. The molecule has 2 aliphatic rings. The highest BCUT2D eigenvalue weighted by Gasteiger charge is 2.42. The number of ketones is 1. The molecule has 1 unspecified atom stereocenters. The van der Waals surface area contributed by atoms with Gasteiger partial charge in [-0.2, -0.15) is 4.98 Å². The number of fused-ring (bicyclic) bond motifs is 1. The van der Waals surface area contributed by atoms with Gasteiger partial charge in [-0.25, -0.2) is 4.68 Å². The van der Waals surface area contributed by atoms with E-state index < -0.39 is 6.04 Å². The third-order valence-corrected chi connectivity index (χ3v) is 8.36. The highest BCUT2D eigenvalue weighted by Crippen LogP contribution is 2.46. The second-order valence-corrected chi connectivity index (χ2v) is 12.4. The SMILES string of the molecule is CCCSc1nc2n(n1)C(c1ccc(OCc3ccc(Cl)cc3Cl)c(OCC)c1)C1=C(CC(C)(C)CC1=O)N2. The molecule has 1 aromatic heterocycles. The van der Waals surface area contributed by atoms with Crippen LogP contribution in [-0.2, 0) is 11.4 Å². The molecule has 10 heteroatoms. The Hall–Kier alpha value is -2.68. The average Bonchev–Trinajstić information content (AvgIpc) is 3.28. The zero-order chi connectivity index (χ0) is 27.7. The summed E-state index contributed by atoms with van der Waals surface area (Å²) in [4.78, 5) is 18.3. The third kappa shape index (κ3) is 5.93. The number of halogens is 2. The number of anilines is 1. The van der Waals surface area contributed by atoms with Crippen LogP contribution in [-0.4, -0.2) is 32.9 Å². The Morgan fingerprint density at radius 2 is 1.92 bits per heavy atom. The minimum absolute atomic E-state index is 0.123. The lowest BCUT2D eigenvalue weighted by atomic mass is 9.73. The highest BCUT2D eigenvalue weighted by molar-refractivity contribution is 7.99. The largest absolute Gasteiger partial charge is 0.490 e. The number of nitrogens with one attached hydrogen (secondary N) is 1. The van der Waals surface area contributed by atoms with Crippen molar-refractivity contribution in [2.24, 2.45) is 5.41 Å². The van der Waals surface area contributed by atoms with Crippen LogP contribution in [0.15, 0.2) is 52.8 Å². The Bertz CT molecular complexity index is 1440. The lowest BCUT2D eigenvalue weighted by Crippen LogP contribution is -2.36. The molecule has 2 heterocycles. The molecule has 1 aliphatic heterocycles. The van der Waals surface area contributed by atoms with Crippen LogP contribution in [0.2, 0.25) is 10.0 Å². The predicted octanol–water partition coefficient (Wildman–Crippen LogP) is 7.72. The van der Waals surface area contributed by atoms with E-state index in [9.17, 15) is 4.79 Å². The summed E-state index contributed by atoms with van der Waals surface area (Å²) in [5, 5.41) is 10.1. The molecular formula is C29H32Cl2N4O3S. The van der Waals surface area contributed by atoms with E-state index in [1.807, 2.05) is 35.9 Å². The summed E-state index contributed by atoms with van der Waals surface area (Å²) in [6, 6.07) is 10.7. The van der Waals surface area contributed by atoms with Gasteiger partial charge in [0.2, 0.25) is 11.1 Å². The molecule has 0 saturated heterocycles. The average molecular weight is 588 g/mol. The van der Waals surface area contributed by atoms with Gasteiger partial charge in [-0.15, -0.1) is 5.10 Å². The monoisotopic (exact) mass is 586 g/mol. The molecule has 0 spiro atoms. The molecule has 0 saturated carbocycles. The summed E-state index contributed by atoms with van der Waals surface area (Å²) in [6.07, 6.45) is 2.26. The zero-order valence-electron chi connectivity index (χ0n) is 22.5. The van der Waals surface area contributed by atoms with Crippen LogP contribution in [0.1, 0.15) is 64.1 Å². The maximum atomic E-state index is 13.6. The smallest absolute Gasteiger partial charge is 0.227 e. The maximum absolute atomic E-state index is 13.6. The van der Waals surface area contributed by atoms with Gasteiger partial charge in [-0.1, -0.05) is 67.9 Å². The number of aromatic nitrogens is 3. The van der Waals surface area contributed by atoms with E-state index in [1.165, 1.54) is 0 Å². The quantitative estimate of drug-likeness (QED) is 0.257. The van der Waals surface area contributed by atoms with Gasteiger partial charge in [0.1, 0.15) is 12.6 Å². The van der Waals surface area contributed by atoms with Crippen molar-refractivity contribution < 1.29 is 14.3 Å². The van der Waals surface area contributed by atoms with Crippen LogP contribution in [0.4, 0.5) is 5.95 Å². The van der Waals surface area contributed by atoms with Gasteiger partial charge in [0, 0.05) is 39.1 Å². The van der Waals surface area contributed by atoms with Gasteiger partial charge in [-0.05, 0) is 55.0 Å². The summed E-state index contributed by atoms with van der Waals surface area (Å²) in [6.45, 7) is 9.03. The topological polar surface area (TPSA) is 78.3 Å². The van der Waals surface area contributed by atoms with Gasteiger partial charge in [0.25, 0.3) is 0 Å². The van der Waals surface area contributed by atoms with Crippen LogP contribution in [0.25, 0.3) is 0 Å². The molecule has 1 aliphatic carbocycles. The molecule has 39 heavy (non-hydrogen) atoms. The van der Waals surface area contributed by atoms with Crippen molar-refractivity contribution in [2.45, 2.75) is 64.8 Å². The highest BCUT2D eigenvalue weighted by atomic mass is 35.5. The van der Waals surface area contributed by atoms with E-state index >= 15 is 0 Å². The standard InChI is InChI=1S/C29H32Cl2N4O3S/c1-5-11-39-28-33-27-32-21-14-29(3,4)15-22(36)25(21)26(35(27)34-28)17-8-10-23(24(12-17)37-6-2)38-16-18-7-9-19(30)13-20(18)31/h7-10,12-13,26H,5-6,11,14-16H2,1-4H3,(H,32,33,34). The first-order valence-electron chi connectivity index (χ1n) is 13.1. The van der Waals surface area contributed by atoms with Crippen LogP contribution >= 0.6 is 35.0 Å². The molecule has 2 aromatic carbocycles. The molecule has 0 bridgehead atoms. The van der Waals surface area contributed by atoms with Gasteiger partial charge in [0.15, 0.2) is 17.3 Å². The Morgan fingerprint density at radius 3 is 2.67 bits per heavy atom. The first-order chi connectivity index (χ1) is 18.7. The Kier molecular flexibility index (Phi) is 8.17. The van der Waals surface area contributed by atoms with Gasteiger partial charge >= 0.3 is 0 Å². The van der Waals surface area contributed by atoms with E-state index in [0.29, 0.717) is 45.7 Å². The third-order valence-electron chi connectivity index (χ3n) is 6.73.